The van der Waals surface area contributed by atoms with E-state index in [4.69, 9.17) is 52.5 Å². The minimum atomic E-state index is -0.777. The molecule has 58 heavy (non-hydrogen) atoms. The number of nitrogens with two attached hydrogens (primary N) is 4. The van der Waals surface area contributed by atoms with Crippen molar-refractivity contribution in [2.24, 2.45) is 17.2 Å². The topological polar surface area (TPSA) is 319 Å². The molecule has 0 saturated heterocycles. The monoisotopic (exact) mass is 837 g/mol. The standard InChI is InChI=1S/C24H16ClN5O2S.C12H22N2O6.C2H6N2O/c1-31-18-8-4-14(5-9-18)21-19(10-26)22(28)30-24(20(21)11-27)33-13-17-12-32-23(29-17)15-2-6-16(25)7-3-15;1-3-9(14-10(16)7-13)12(18)20-5-4-19-11(17)6-8(2)15;3-1-2(4)5/h2-9,12H,13H2,1H3,(H2,28,30);8-9,15H,3-7,13H2,1-2H3,(H,14,16);1,3H2,(H2,4,5)/t;8-,9+;/m.1./s1. The lowest BCUT2D eigenvalue weighted by Gasteiger charge is -2.15. The molecular formula is C38H44ClN9O9S. The lowest BCUT2D eigenvalue weighted by atomic mass is 9.97. The number of nitrogens with one attached hydrogen (secondary N) is 1. The van der Waals surface area contributed by atoms with Crippen molar-refractivity contribution in [3.05, 3.63) is 76.6 Å². The van der Waals surface area contributed by atoms with Crippen LogP contribution in [0.25, 0.3) is 22.6 Å². The van der Waals surface area contributed by atoms with Gasteiger partial charge >= 0.3 is 11.9 Å². The van der Waals surface area contributed by atoms with Gasteiger partial charge in [0.15, 0.2) is 0 Å². The number of aromatic nitrogens is 2. The molecule has 2 aromatic heterocycles. The third-order valence-electron chi connectivity index (χ3n) is 7.26. The molecule has 0 spiro atoms. The van der Waals surface area contributed by atoms with E-state index in [2.05, 4.69) is 33.2 Å². The average molecular weight is 838 g/mol. The van der Waals surface area contributed by atoms with E-state index < -0.39 is 35.9 Å². The Balaban J connectivity index is 0.000000396. The zero-order valence-corrected chi connectivity index (χ0v) is 33.5. The molecule has 0 aliphatic carbocycles. The number of amides is 2. The van der Waals surface area contributed by atoms with Gasteiger partial charge in [-0.25, -0.2) is 14.8 Å². The number of nitriles is 2. The normalized spacial score (nSPS) is 11.1. The number of nitrogen functional groups attached to an aromatic ring is 1. The second kappa shape index (κ2) is 25.1. The summed E-state index contributed by atoms with van der Waals surface area (Å²) in [5.41, 5.74) is 23.5. The van der Waals surface area contributed by atoms with Crippen molar-refractivity contribution >= 4 is 52.9 Å². The molecule has 2 atom stereocenters. The first-order valence-electron chi connectivity index (χ1n) is 17.3. The Morgan fingerprint density at radius 3 is 2.10 bits per heavy atom. The number of nitrogens with zero attached hydrogens (tertiary/aromatic N) is 4. The van der Waals surface area contributed by atoms with Crippen molar-refractivity contribution in [3.8, 4) is 40.5 Å². The lowest BCUT2D eigenvalue weighted by molar-refractivity contribution is -0.155. The number of oxazole rings is 1. The van der Waals surface area contributed by atoms with Gasteiger partial charge in [-0.05, 0) is 55.3 Å². The highest BCUT2D eigenvalue weighted by atomic mass is 35.5. The van der Waals surface area contributed by atoms with Crippen LogP contribution in [-0.2, 0) is 34.4 Å². The number of aliphatic hydroxyl groups excluding tert-OH is 1. The smallest absolute Gasteiger partial charge is 0.328 e. The lowest BCUT2D eigenvalue weighted by Crippen LogP contribution is -2.44. The predicted octanol–water partition coefficient (Wildman–Crippen LogP) is 2.81. The maximum absolute atomic E-state index is 11.6. The molecule has 0 aliphatic heterocycles. The molecule has 10 N–H and O–H groups in total. The van der Waals surface area contributed by atoms with E-state index in [0.717, 1.165) is 5.56 Å². The molecule has 0 unspecified atom stereocenters. The second-order valence-electron chi connectivity index (χ2n) is 11.7. The Morgan fingerprint density at radius 2 is 1.57 bits per heavy atom. The SMILES string of the molecule is CC[C@H](NC(=O)CN)C(=O)OCCOC(=O)C[C@@H](C)O.COc1ccc(-c2c(C#N)c(N)nc(SCc3coc(-c4ccc(Cl)cc4)n3)c2C#N)cc1.NCC(N)=O. The van der Waals surface area contributed by atoms with Gasteiger partial charge < -0.3 is 52.0 Å². The molecular weight excluding hydrogens is 794 g/mol. The Kier molecular flexibility index (Phi) is 20.8. The predicted molar refractivity (Wildman–Crippen MR) is 214 cm³/mol. The molecule has 20 heteroatoms. The van der Waals surface area contributed by atoms with Crippen LogP contribution < -0.4 is 33.0 Å². The van der Waals surface area contributed by atoms with E-state index in [1.807, 2.05) is 12.1 Å². The van der Waals surface area contributed by atoms with E-state index >= 15 is 0 Å². The first kappa shape index (κ1) is 47.9. The molecule has 0 saturated carbocycles. The number of carbonyl (C=O) groups is 4. The van der Waals surface area contributed by atoms with Crippen LogP contribution in [0.2, 0.25) is 5.02 Å². The number of benzene rings is 2. The molecule has 2 heterocycles. The summed E-state index contributed by atoms with van der Waals surface area (Å²) in [7, 11) is 1.57. The van der Waals surface area contributed by atoms with Crippen LogP contribution in [0, 0.1) is 22.7 Å². The summed E-state index contributed by atoms with van der Waals surface area (Å²) >= 11 is 7.23. The van der Waals surface area contributed by atoms with Crippen LogP contribution in [0.4, 0.5) is 5.82 Å². The number of ether oxygens (including phenoxy) is 3. The number of pyridine rings is 1. The van der Waals surface area contributed by atoms with Gasteiger partial charge in [0.1, 0.15) is 59.8 Å². The van der Waals surface area contributed by atoms with Gasteiger partial charge in [0, 0.05) is 21.9 Å². The summed E-state index contributed by atoms with van der Waals surface area (Å²) in [5.74, 6) is -0.509. The van der Waals surface area contributed by atoms with Crippen molar-refractivity contribution in [2.75, 3.05) is 39.1 Å². The fraction of sp³-hybridized carbons (Fsp3) is 0.316. The van der Waals surface area contributed by atoms with Crippen LogP contribution >= 0.6 is 23.4 Å². The summed E-state index contributed by atoms with van der Waals surface area (Å²) in [6.07, 6.45) is 1.03. The Bertz CT molecular complexity index is 2070. The van der Waals surface area contributed by atoms with Crippen LogP contribution in [0.1, 0.15) is 43.5 Å². The number of thioether (sulfide) groups is 1. The first-order chi connectivity index (χ1) is 27.7. The molecule has 0 aliphatic rings. The second-order valence-corrected chi connectivity index (χ2v) is 13.1. The highest BCUT2D eigenvalue weighted by Crippen LogP contribution is 2.37. The maximum atomic E-state index is 11.6. The van der Waals surface area contributed by atoms with E-state index in [1.54, 1.807) is 56.7 Å². The fourth-order valence-electron chi connectivity index (χ4n) is 4.47. The summed E-state index contributed by atoms with van der Waals surface area (Å²) in [6, 6.07) is 17.7. The molecule has 308 valence electrons. The number of methoxy groups -OCH3 is 1. The number of halogens is 1. The van der Waals surface area contributed by atoms with Crippen molar-refractivity contribution in [1.82, 2.24) is 15.3 Å². The molecule has 2 amide bonds. The largest absolute Gasteiger partial charge is 0.497 e. The number of rotatable bonds is 16. The summed E-state index contributed by atoms with van der Waals surface area (Å²) < 4.78 is 20.4. The summed E-state index contributed by atoms with van der Waals surface area (Å²) in [4.78, 5) is 52.0. The van der Waals surface area contributed by atoms with E-state index in [-0.39, 0.29) is 49.7 Å². The molecule has 0 fully saturated rings. The van der Waals surface area contributed by atoms with E-state index in [9.17, 15) is 29.7 Å². The average Bonchev–Trinajstić information content (AvgIpc) is 3.69. The quantitative estimate of drug-likeness (QED) is 0.0537. The zero-order chi connectivity index (χ0) is 43.2. The number of primary amides is 1. The van der Waals surface area contributed by atoms with Gasteiger partial charge in [0.2, 0.25) is 17.7 Å². The van der Waals surface area contributed by atoms with Gasteiger partial charge in [0.05, 0.1) is 44.0 Å². The van der Waals surface area contributed by atoms with Crippen LogP contribution in [0.3, 0.4) is 0 Å². The van der Waals surface area contributed by atoms with Gasteiger partial charge in [-0.15, -0.1) is 0 Å². The number of hydrogen-bond donors (Lipinski definition) is 6. The Hall–Kier alpha value is -6.22. The Labute approximate surface area is 343 Å². The van der Waals surface area contributed by atoms with Crippen molar-refractivity contribution in [3.63, 3.8) is 0 Å². The third-order valence-corrected chi connectivity index (χ3v) is 8.52. The van der Waals surface area contributed by atoms with E-state index in [0.29, 0.717) is 50.7 Å². The molecule has 4 rings (SSSR count). The summed E-state index contributed by atoms with van der Waals surface area (Å²) in [5, 5.41) is 32.0. The Morgan fingerprint density at radius 1 is 0.966 bits per heavy atom. The zero-order valence-electron chi connectivity index (χ0n) is 31.9. The molecule has 2 aromatic carbocycles. The highest BCUT2D eigenvalue weighted by molar-refractivity contribution is 7.98. The van der Waals surface area contributed by atoms with Gasteiger partial charge in [0.25, 0.3) is 0 Å². The van der Waals surface area contributed by atoms with Crippen molar-refractivity contribution in [2.45, 2.75) is 49.6 Å². The summed E-state index contributed by atoms with van der Waals surface area (Å²) in [6.45, 7) is 2.71. The fourth-order valence-corrected chi connectivity index (χ4v) is 5.47. The van der Waals surface area contributed by atoms with Gasteiger partial charge in [-0.2, -0.15) is 10.5 Å². The third kappa shape index (κ3) is 15.7. The molecule has 4 aromatic rings. The minimum absolute atomic E-state index is 0.0556. The van der Waals surface area contributed by atoms with Crippen LogP contribution in [0.15, 0.2) is 64.2 Å². The van der Waals surface area contributed by atoms with Crippen LogP contribution in [-0.4, -0.2) is 84.4 Å². The number of carbonyl (C=O) groups excluding carboxylic acids is 4. The first-order valence-corrected chi connectivity index (χ1v) is 18.7. The minimum Gasteiger partial charge on any atom is -0.497 e. The van der Waals surface area contributed by atoms with Gasteiger partial charge in [-0.1, -0.05) is 42.4 Å². The number of esters is 2. The highest BCUT2D eigenvalue weighted by Gasteiger charge is 2.22. The van der Waals surface area contributed by atoms with Crippen molar-refractivity contribution < 1.29 is 42.9 Å². The molecule has 0 radical (unpaired) electrons. The van der Waals surface area contributed by atoms with Crippen LogP contribution in [0.5, 0.6) is 5.75 Å². The number of aliphatic hydroxyl groups is 1. The van der Waals surface area contributed by atoms with Gasteiger partial charge in [-0.3, -0.25) is 14.4 Å². The molecule has 18 nitrogen and oxygen atoms in total. The number of anilines is 1. The molecule has 0 bridgehead atoms. The van der Waals surface area contributed by atoms with Crippen molar-refractivity contribution in [1.29, 1.82) is 10.5 Å². The maximum Gasteiger partial charge on any atom is 0.328 e. The number of hydrogen-bond acceptors (Lipinski definition) is 17. The van der Waals surface area contributed by atoms with E-state index in [1.165, 1.54) is 18.7 Å².